The number of methoxy groups -OCH3 is 1. The zero-order valence-electron chi connectivity index (χ0n) is 13.2. The molecule has 0 saturated carbocycles. The van der Waals surface area contributed by atoms with E-state index in [4.69, 9.17) is 4.74 Å². The molecule has 0 radical (unpaired) electrons. The minimum absolute atomic E-state index is 0.118. The average Bonchev–Trinajstić information content (AvgIpc) is 2.54. The van der Waals surface area contributed by atoms with Gasteiger partial charge in [-0.15, -0.1) is 0 Å². The molecule has 25 heavy (non-hydrogen) atoms. The van der Waals surface area contributed by atoms with E-state index >= 15 is 0 Å². The van der Waals surface area contributed by atoms with E-state index in [0.717, 1.165) is 0 Å². The second-order valence-electron chi connectivity index (χ2n) is 5.63. The average molecular weight is 358 g/mol. The highest BCUT2D eigenvalue weighted by Gasteiger charge is 2.35. The first-order chi connectivity index (χ1) is 11.8. The van der Waals surface area contributed by atoms with E-state index in [1.54, 1.807) is 4.98 Å². The Balaban J connectivity index is 1.80. The van der Waals surface area contributed by atoms with Crippen LogP contribution in [0.4, 0.5) is 17.6 Å². The minimum Gasteiger partial charge on any atom is -0.479 e. The maximum Gasteiger partial charge on any atom is 0.449 e. The molecule has 3 rings (SSSR count). The van der Waals surface area contributed by atoms with E-state index < -0.39 is 23.4 Å². The summed E-state index contributed by atoms with van der Waals surface area (Å²) in [5.74, 6) is -2.01. The summed E-state index contributed by atoms with van der Waals surface area (Å²) in [6, 6.07) is 1.27. The van der Waals surface area contributed by atoms with Crippen LogP contribution in [0, 0.1) is 5.82 Å². The van der Waals surface area contributed by atoms with Crippen LogP contribution in [0.1, 0.15) is 22.6 Å². The number of aromatic amines is 1. The zero-order valence-corrected chi connectivity index (χ0v) is 13.2. The predicted molar refractivity (Wildman–Crippen MR) is 78.4 cm³/mol. The molecular formula is C15H14F4N4O2. The Kier molecular flexibility index (Phi) is 4.46. The minimum atomic E-state index is -4.70. The van der Waals surface area contributed by atoms with Crippen molar-refractivity contribution in [2.45, 2.75) is 25.7 Å². The van der Waals surface area contributed by atoms with Crippen molar-refractivity contribution in [2.75, 3.05) is 13.7 Å². The van der Waals surface area contributed by atoms with Gasteiger partial charge in [0.05, 0.1) is 18.4 Å². The molecule has 1 aliphatic rings. The number of hydrogen-bond donors (Lipinski definition) is 1. The molecule has 2 aromatic rings. The van der Waals surface area contributed by atoms with E-state index in [0.29, 0.717) is 18.7 Å². The van der Waals surface area contributed by atoms with Crippen molar-refractivity contribution in [3.05, 3.63) is 51.1 Å². The summed E-state index contributed by atoms with van der Waals surface area (Å²) < 4.78 is 56.5. The van der Waals surface area contributed by atoms with Crippen molar-refractivity contribution < 1.29 is 22.3 Å². The number of nitrogens with zero attached hydrogens (tertiary/aromatic N) is 3. The summed E-state index contributed by atoms with van der Waals surface area (Å²) in [5, 5.41) is 0. The van der Waals surface area contributed by atoms with Crippen LogP contribution in [0.3, 0.4) is 0 Å². The maximum absolute atomic E-state index is 13.7. The Hall–Kier alpha value is -2.49. The van der Waals surface area contributed by atoms with Gasteiger partial charge in [-0.3, -0.25) is 9.69 Å². The molecule has 0 saturated heterocycles. The van der Waals surface area contributed by atoms with Gasteiger partial charge in [0.25, 0.3) is 5.56 Å². The van der Waals surface area contributed by atoms with Crippen molar-refractivity contribution in [2.24, 2.45) is 0 Å². The number of hydrogen-bond acceptors (Lipinski definition) is 5. The molecule has 2 aromatic heterocycles. The summed E-state index contributed by atoms with van der Waals surface area (Å²) >= 11 is 0. The van der Waals surface area contributed by atoms with Crippen LogP contribution in [0.25, 0.3) is 0 Å². The first-order valence-corrected chi connectivity index (χ1v) is 7.38. The molecule has 1 N–H and O–H groups in total. The molecule has 0 bridgehead atoms. The van der Waals surface area contributed by atoms with Gasteiger partial charge in [0.15, 0.2) is 5.82 Å². The van der Waals surface area contributed by atoms with Gasteiger partial charge in [0.2, 0.25) is 11.7 Å². The molecule has 0 fully saturated rings. The Morgan fingerprint density at radius 1 is 1.40 bits per heavy atom. The molecule has 0 atom stereocenters. The molecule has 0 spiro atoms. The Bertz CT molecular complexity index is 850. The predicted octanol–water partition coefficient (Wildman–Crippen LogP) is 1.89. The van der Waals surface area contributed by atoms with Gasteiger partial charge in [0.1, 0.15) is 0 Å². The lowest BCUT2D eigenvalue weighted by Gasteiger charge is -2.27. The lowest BCUT2D eigenvalue weighted by Crippen LogP contribution is -2.36. The highest BCUT2D eigenvalue weighted by molar-refractivity contribution is 5.23. The van der Waals surface area contributed by atoms with Gasteiger partial charge < -0.3 is 9.72 Å². The highest BCUT2D eigenvalue weighted by atomic mass is 19.4. The van der Waals surface area contributed by atoms with Gasteiger partial charge in [-0.1, -0.05) is 0 Å². The third kappa shape index (κ3) is 3.63. The monoisotopic (exact) mass is 358 g/mol. The lowest BCUT2D eigenvalue weighted by molar-refractivity contribution is -0.145. The molecule has 0 amide bonds. The summed E-state index contributed by atoms with van der Waals surface area (Å²) in [4.78, 5) is 22.9. The van der Waals surface area contributed by atoms with Crippen molar-refractivity contribution in [1.29, 1.82) is 0 Å². The number of fused-ring (bicyclic) bond motifs is 1. The quantitative estimate of drug-likeness (QED) is 0.849. The van der Waals surface area contributed by atoms with Gasteiger partial charge in [-0.05, 0) is 11.6 Å². The summed E-state index contributed by atoms with van der Waals surface area (Å²) in [7, 11) is 1.31. The van der Waals surface area contributed by atoms with Crippen LogP contribution >= 0.6 is 0 Å². The second-order valence-corrected chi connectivity index (χ2v) is 5.63. The topological polar surface area (TPSA) is 71.1 Å². The number of halogens is 4. The van der Waals surface area contributed by atoms with E-state index in [9.17, 15) is 22.4 Å². The van der Waals surface area contributed by atoms with Crippen molar-refractivity contribution in [1.82, 2.24) is 19.9 Å². The van der Waals surface area contributed by atoms with Crippen molar-refractivity contribution in [3.63, 3.8) is 0 Å². The van der Waals surface area contributed by atoms with Crippen LogP contribution in [-0.4, -0.2) is 33.5 Å². The second kappa shape index (κ2) is 6.43. The van der Waals surface area contributed by atoms with Crippen LogP contribution in [0.2, 0.25) is 0 Å². The highest BCUT2D eigenvalue weighted by Crippen LogP contribution is 2.27. The van der Waals surface area contributed by atoms with E-state index in [1.807, 2.05) is 4.90 Å². The first-order valence-electron chi connectivity index (χ1n) is 7.38. The largest absolute Gasteiger partial charge is 0.479 e. The molecule has 1 aliphatic heterocycles. The molecule has 0 aliphatic carbocycles. The van der Waals surface area contributed by atoms with E-state index in [1.165, 1.54) is 19.4 Å². The fourth-order valence-electron chi connectivity index (χ4n) is 2.71. The molecule has 0 unspecified atom stereocenters. The van der Waals surface area contributed by atoms with Crippen LogP contribution < -0.4 is 10.3 Å². The smallest absolute Gasteiger partial charge is 0.449 e. The number of rotatable bonds is 3. The van der Waals surface area contributed by atoms with Gasteiger partial charge in [-0.25, -0.2) is 14.4 Å². The first kappa shape index (κ1) is 17.3. The van der Waals surface area contributed by atoms with Gasteiger partial charge in [-0.2, -0.15) is 13.2 Å². The molecule has 134 valence electrons. The molecular weight excluding hydrogens is 344 g/mol. The fraction of sp³-hybridized carbons (Fsp3) is 0.400. The molecule has 6 nitrogen and oxygen atoms in total. The van der Waals surface area contributed by atoms with E-state index in [-0.39, 0.29) is 30.1 Å². The third-order valence-corrected chi connectivity index (χ3v) is 3.88. The number of H-pyrrole nitrogens is 1. The standard InChI is InChI=1S/C15H14F4N4O2/c1-25-13-10(16)4-8(5-20-13)6-23-3-2-11-9(7-23)12(24)22-14(21-11)15(17,18)19/h4-5H,2-3,6-7H2,1H3,(H,21,22,24). The fourth-order valence-corrected chi connectivity index (χ4v) is 2.71. The Labute approximate surface area is 139 Å². The molecule has 10 heteroatoms. The number of pyridine rings is 1. The number of ether oxygens (including phenoxy) is 1. The van der Waals surface area contributed by atoms with Crippen molar-refractivity contribution in [3.8, 4) is 5.88 Å². The molecule has 0 aromatic carbocycles. The maximum atomic E-state index is 13.7. The normalized spacial score (nSPS) is 15.1. The van der Waals surface area contributed by atoms with Crippen molar-refractivity contribution >= 4 is 0 Å². The van der Waals surface area contributed by atoms with Crippen LogP contribution in [0.15, 0.2) is 17.1 Å². The van der Waals surface area contributed by atoms with Crippen LogP contribution in [-0.2, 0) is 25.7 Å². The Morgan fingerprint density at radius 2 is 2.16 bits per heavy atom. The third-order valence-electron chi connectivity index (χ3n) is 3.88. The summed E-state index contributed by atoms with van der Waals surface area (Å²) in [5.41, 5.74) is 0.103. The van der Waals surface area contributed by atoms with Gasteiger partial charge >= 0.3 is 6.18 Å². The van der Waals surface area contributed by atoms with Crippen LogP contribution in [0.5, 0.6) is 5.88 Å². The van der Waals surface area contributed by atoms with E-state index in [2.05, 4.69) is 9.97 Å². The SMILES string of the molecule is COc1ncc(CN2CCc3nc(C(F)(F)F)[nH]c(=O)c3C2)cc1F. The lowest BCUT2D eigenvalue weighted by atomic mass is 10.1. The summed E-state index contributed by atoms with van der Waals surface area (Å²) in [6.45, 7) is 0.825. The summed E-state index contributed by atoms with van der Waals surface area (Å²) in [6.07, 6.45) is -3.04. The zero-order chi connectivity index (χ0) is 18.2. The number of aromatic nitrogens is 3. The Morgan fingerprint density at radius 3 is 2.80 bits per heavy atom. The van der Waals surface area contributed by atoms with Gasteiger partial charge in [0, 0.05) is 32.3 Å². The number of alkyl halides is 3. The molecule has 3 heterocycles. The number of nitrogens with one attached hydrogen (secondary N) is 1.